The first kappa shape index (κ1) is 16.8. The van der Waals surface area contributed by atoms with Crippen molar-refractivity contribution in [3.8, 4) is 11.5 Å². The summed E-state index contributed by atoms with van der Waals surface area (Å²) in [5.74, 6) is 1.31. The van der Waals surface area contributed by atoms with Gasteiger partial charge in [-0.25, -0.2) is 0 Å². The highest BCUT2D eigenvalue weighted by Gasteiger charge is 2.22. The minimum absolute atomic E-state index is 0.0400. The lowest BCUT2D eigenvalue weighted by Crippen LogP contribution is -2.44. The third kappa shape index (κ3) is 3.88. The van der Waals surface area contributed by atoms with Gasteiger partial charge in [-0.2, -0.15) is 0 Å². The van der Waals surface area contributed by atoms with Gasteiger partial charge < -0.3 is 14.8 Å². The first-order valence-electron chi connectivity index (χ1n) is 7.74. The number of ether oxygens (including phenoxy) is 2. The number of hydrogen-bond acceptors (Lipinski definition) is 4. The first-order valence-corrected chi connectivity index (χ1v) is 8.53. The summed E-state index contributed by atoms with van der Waals surface area (Å²) in [4.78, 5) is 11.6. The molecule has 6 heteroatoms. The van der Waals surface area contributed by atoms with Crippen LogP contribution in [0.25, 0.3) is 0 Å². The second kappa shape index (κ2) is 7.68. The molecular formula is C18H19BrN2O3. The summed E-state index contributed by atoms with van der Waals surface area (Å²) in [5.41, 5.74) is 2.00. The van der Waals surface area contributed by atoms with Crippen LogP contribution in [-0.2, 0) is 11.4 Å². The fraction of sp³-hybridized carbons (Fsp3) is 0.278. The van der Waals surface area contributed by atoms with Crippen LogP contribution in [0.1, 0.15) is 23.7 Å². The van der Waals surface area contributed by atoms with Gasteiger partial charge in [0, 0.05) is 13.0 Å². The summed E-state index contributed by atoms with van der Waals surface area (Å²) in [6, 6.07) is 13.8. The maximum atomic E-state index is 11.6. The molecule has 1 fully saturated rings. The molecule has 3 rings (SSSR count). The topological polar surface area (TPSA) is 59.6 Å². The lowest BCUT2D eigenvalue weighted by atomic mass is 10.1. The number of benzene rings is 2. The standard InChI is InChI=1S/C18H19BrN2O3/c1-23-15-10-13(18-20-8-7-16(22)21-18)9-14(19)17(15)24-11-12-5-3-2-4-6-12/h2-6,9-10,18,20H,7-8,11H2,1H3,(H,21,22)/t18-/m1/s1. The normalized spacial score (nSPS) is 17.2. The molecule has 1 amide bonds. The average molecular weight is 391 g/mol. The van der Waals surface area contributed by atoms with E-state index in [2.05, 4.69) is 26.6 Å². The molecule has 0 aromatic heterocycles. The molecule has 2 N–H and O–H groups in total. The minimum atomic E-state index is -0.223. The molecule has 0 unspecified atom stereocenters. The van der Waals surface area contributed by atoms with Crippen molar-refractivity contribution in [2.24, 2.45) is 0 Å². The van der Waals surface area contributed by atoms with Gasteiger partial charge in [-0.15, -0.1) is 0 Å². The van der Waals surface area contributed by atoms with Crippen LogP contribution in [0.5, 0.6) is 11.5 Å². The predicted octanol–water partition coefficient (Wildman–Crippen LogP) is 3.14. The Morgan fingerprint density at radius 1 is 1.25 bits per heavy atom. The van der Waals surface area contributed by atoms with Crippen LogP contribution in [0, 0.1) is 0 Å². The summed E-state index contributed by atoms with van der Waals surface area (Å²) < 4.78 is 12.2. The molecular weight excluding hydrogens is 372 g/mol. The molecule has 2 aromatic rings. The Balaban J connectivity index is 1.81. The Kier molecular flexibility index (Phi) is 5.37. The number of carbonyl (C=O) groups is 1. The van der Waals surface area contributed by atoms with Gasteiger partial charge in [0.1, 0.15) is 12.8 Å². The van der Waals surface area contributed by atoms with Crippen LogP contribution < -0.4 is 20.1 Å². The Morgan fingerprint density at radius 3 is 2.75 bits per heavy atom. The Labute approximate surface area is 149 Å². The monoisotopic (exact) mass is 390 g/mol. The lowest BCUT2D eigenvalue weighted by Gasteiger charge is -2.26. The van der Waals surface area contributed by atoms with Crippen molar-refractivity contribution in [2.75, 3.05) is 13.7 Å². The molecule has 1 atom stereocenters. The average Bonchev–Trinajstić information content (AvgIpc) is 2.61. The molecule has 1 aliphatic rings. The zero-order valence-corrected chi connectivity index (χ0v) is 14.9. The molecule has 1 aliphatic heterocycles. The van der Waals surface area contributed by atoms with E-state index < -0.39 is 0 Å². The number of hydrogen-bond donors (Lipinski definition) is 2. The number of methoxy groups -OCH3 is 1. The molecule has 0 spiro atoms. The summed E-state index contributed by atoms with van der Waals surface area (Å²) in [7, 11) is 1.60. The van der Waals surface area contributed by atoms with E-state index in [-0.39, 0.29) is 12.1 Å². The van der Waals surface area contributed by atoms with E-state index in [1.54, 1.807) is 7.11 Å². The van der Waals surface area contributed by atoms with Crippen LogP contribution in [-0.4, -0.2) is 19.6 Å². The van der Waals surface area contributed by atoms with Gasteiger partial charge in [0.2, 0.25) is 5.91 Å². The molecule has 0 bridgehead atoms. The van der Waals surface area contributed by atoms with Gasteiger partial charge in [-0.3, -0.25) is 10.1 Å². The zero-order valence-electron chi connectivity index (χ0n) is 13.3. The molecule has 5 nitrogen and oxygen atoms in total. The van der Waals surface area contributed by atoms with Crippen LogP contribution >= 0.6 is 15.9 Å². The van der Waals surface area contributed by atoms with E-state index in [1.165, 1.54) is 0 Å². The van der Waals surface area contributed by atoms with E-state index in [1.807, 2.05) is 42.5 Å². The number of nitrogens with one attached hydrogen (secondary N) is 2. The van der Waals surface area contributed by atoms with Crippen molar-refractivity contribution in [3.05, 3.63) is 58.1 Å². The summed E-state index contributed by atoms with van der Waals surface area (Å²) >= 11 is 3.55. The van der Waals surface area contributed by atoms with E-state index >= 15 is 0 Å². The van der Waals surface area contributed by atoms with Gasteiger partial charge in [0.25, 0.3) is 0 Å². The molecule has 0 radical (unpaired) electrons. The smallest absolute Gasteiger partial charge is 0.222 e. The molecule has 126 valence electrons. The number of amides is 1. The summed E-state index contributed by atoms with van der Waals surface area (Å²) in [5, 5.41) is 6.19. The maximum Gasteiger partial charge on any atom is 0.222 e. The van der Waals surface area contributed by atoms with Gasteiger partial charge in [0.15, 0.2) is 11.5 Å². The van der Waals surface area contributed by atoms with Crippen LogP contribution in [0.15, 0.2) is 46.9 Å². The van der Waals surface area contributed by atoms with Crippen molar-refractivity contribution in [1.82, 2.24) is 10.6 Å². The van der Waals surface area contributed by atoms with Crippen LogP contribution in [0.4, 0.5) is 0 Å². The van der Waals surface area contributed by atoms with Gasteiger partial charge in [0.05, 0.1) is 11.6 Å². The minimum Gasteiger partial charge on any atom is -0.493 e. The predicted molar refractivity (Wildman–Crippen MR) is 95.0 cm³/mol. The second-order valence-electron chi connectivity index (χ2n) is 5.51. The van der Waals surface area contributed by atoms with Crippen LogP contribution in [0.3, 0.4) is 0 Å². The van der Waals surface area contributed by atoms with E-state index in [0.717, 1.165) is 15.6 Å². The largest absolute Gasteiger partial charge is 0.493 e. The quantitative estimate of drug-likeness (QED) is 0.822. The fourth-order valence-corrected chi connectivity index (χ4v) is 3.17. The summed E-state index contributed by atoms with van der Waals surface area (Å²) in [6.45, 7) is 1.11. The third-order valence-corrected chi connectivity index (χ3v) is 4.41. The molecule has 0 aliphatic carbocycles. The summed E-state index contributed by atoms with van der Waals surface area (Å²) in [6.07, 6.45) is 0.271. The van der Waals surface area contributed by atoms with Crippen molar-refractivity contribution in [2.45, 2.75) is 19.2 Å². The molecule has 1 saturated heterocycles. The number of halogens is 1. The second-order valence-corrected chi connectivity index (χ2v) is 6.37. The number of carbonyl (C=O) groups excluding carboxylic acids is 1. The van der Waals surface area contributed by atoms with Crippen molar-refractivity contribution < 1.29 is 14.3 Å². The highest BCUT2D eigenvalue weighted by Crippen LogP contribution is 2.38. The van der Waals surface area contributed by atoms with E-state index in [9.17, 15) is 4.79 Å². The van der Waals surface area contributed by atoms with E-state index in [4.69, 9.17) is 9.47 Å². The van der Waals surface area contributed by atoms with Gasteiger partial charge in [-0.1, -0.05) is 30.3 Å². The Bertz CT molecular complexity index is 722. The third-order valence-electron chi connectivity index (χ3n) is 3.82. The molecule has 0 saturated carbocycles. The molecule has 24 heavy (non-hydrogen) atoms. The first-order chi connectivity index (χ1) is 11.7. The van der Waals surface area contributed by atoms with Crippen molar-refractivity contribution >= 4 is 21.8 Å². The van der Waals surface area contributed by atoms with Gasteiger partial charge in [-0.05, 0) is 39.2 Å². The van der Waals surface area contributed by atoms with Crippen molar-refractivity contribution in [3.63, 3.8) is 0 Å². The van der Waals surface area contributed by atoms with Gasteiger partial charge >= 0.3 is 0 Å². The zero-order chi connectivity index (χ0) is 16.9. The fourth-order valence-electron chi connectivity index (χ4n) is 2.59. The van der Waals surface area contributed by atoms with Crippen molar-refractivity contribution in [1.29, 1.82) is 0 Å². The molecule has 2 aromatic carbocycles. The lowest BCUT2D eigenvalue weighted by molar-refractivity contribution is -0.123. The Hall–Kier alpha value is -2.05. The number of rotatable bonds is 5. The SMILES string of the molecule is COc1cc([C@@H]2NCCC(=O)N2)cc(Br)c1OCc1ccccc1. The Morgan fingerprint density at radius 2 is 2.04 bits per heavy atom. The molecule has 1 heterocycles. The van der Waals surface area contributed by atoms with Crippen LogP contribution in [0.2, 0.25) is 0 Å². The highest BCUT2D eigenvalue weighted by molar-refractivity contribution is 9.10. The van der Waals surface area contributed by atoms with E-state index in [0.29, 0.717) is 31.1 Å². The highest BCUT2D eigenvalue weighted by atomic mass is 79.9. The maximum absolute atomic E-state index is 11.6.